The van der Waals surface area contributed by atoms with Gasteiger partial charge in [-0.3, -0.25) is 0 Å². The number of rotatable bonds is 3. The zero-order chi connectivity index (χ0) is 17.4. The van der Waals surface area contributed by atoms with E-state index >= 15 is 0 Å². The zero-order valence-corrected chi connectivity index (χ0v) is 15.0. The lowest BCUT2D eigenvalue weighted by Crippen LogP contribution is -2.00. The summed E-state index contributed by atoms with van der Waals surface area (Å²) in [6.45, 7) is 0. The van der Waals surface area contributed by atoms with Crippen molar-refractivity contribution in [1.29, 1.82) is 0 Å². The average molecular weight is 374 g/mol. The Kier molecular flexibility index (Phi) is 4.31. The van der Waals surface area contributed by atoms with Crippen LogP contribution in [0.1, 0.15) is 40.1 Å². The van der Waals surface area contributed by atoms with Gasteiger partial charge in [-0.05, 0) is 61.0 Å². The summed E-state index contributed by atoms with van der Waals surface area (Å²) < 4.78 is 0. The predicted molar refractivity (Wildman–Crippen MR) is 100 cm³/mol. The van der Waals surface area contributed by atoms with E-state index in [2.05, 4.69) is 15.3 Å². The van der Waals surface area contributed by atoms with Gasteiger partial charge in [0.2, 0.25) is 5.28 Å². The lowest BCUT2D eigenvalue weighted by molar-refractivity contribution is 0.0697. The summed E-state index contributed by atoms with van der Waals surface area (Å²) in [6.07, 6.45) is 5.69. The number of fused-ring (bicyclic) bond motifs is 3. The number of hydrogen-bond donors (Lipinski definition) is 2. The second kappa shape index (κ2) is 6.61. The van der Waals surface area contributed by atoms with Gasteiger partial charge in [0.1, 0.15) is 10.6 Å². The lowest BCUT2D eigenvalue weighted by atomic mass is 10.1. The van der Waals surface area contributed by atoms with Crippen molar-refractivity contribution >= 4 is 50.6 Å². The fourth-order valence-electron chi connectivity index (χ4n) is 3.27. The van der Waals surface area contributed by atoms with Crippen LogP contribution < -0.4 is 5.32 Å². The van der Waals surface area contributed by atoms with Gasteiger partial charge in [0.25, 0.3) is 0 Å². The highest BCUT2D eigenvalue weighted by atomic mass is 35.5. The van der Waals surface area contributed by atoms with Crippen molar-refractivity contribution in [1.82, 2.24) is 9.97 Å². The van der Waals surface area contributed by atoms with Gasteiger partial charge in [-0.25, -0.2) is 9.78 Å². The Morgan fingerprint density at radius 2 is 2.04 bits per heavy atom. The summed E-state index contributed by atoms with van der Waals surface area (Å²) in [5.41, 5.74) is 2.21. The standard InChI is InChI=1S/C18H16ClN3O2S/c19-18-21-15(20-11-6-4-5-10(9-11)17(23)24)14-12-7-2-1-3-8-13(12)25-16(14)22-18/h4-6,9H,1-3,7-8H2,(H,23,24)(H,20,21,22). The number of aromatic nitrogens is 2. The number of anilines is 2. The first-order valence-corrected chi connectivity index (χ1v) is 9.39. The van der Waals surface area contributed by atoms with Gasteiger partial charge < -0.3 is 10.4 Å². The molecule has 0 amide bonds. The third kappa shape index (κ3) is 3.19. The molecule has 0 saturated carbocycles. The Morgan fingerprint density at radius 3 is 2.88 bits per heavy atom. The van der Waals surface area contributed by atoms with Crippen molar-refractivity contribution in [2.45, 2.75) is 32.1 Å². The summed E-state index contributed by atoms with van der Waals surface area (Å²) in [7, 11) is 0. The van der Waals surface area contributed by atoms with E-state index in [4.69, 9.17) is 11.6 Å². The van der Waals surface area contributed by atoms with E-state index in [0.29, 0.717) is 11.5 Å². The van der Waals surface area contributed by atoms with Gasteiger partial charge in [-0.1, -0.05) is 12.5 Å². The van der Waals surface area contributed by atoms with Crippen LogP contribution in [0.15, 0.2) is 24.3 Å². The third-order valence-corrected chi connectivity index (χ3v) is 5.76. The number of thiophene rings is 1. The summed E-state index contributed by atoms with van der Waals surface area (Å²) in [4.78, 5) is 22.2. The number of carboxylic acid groups (broad SMARTS) is 1. The van der Waals surface area contributed by atoms with Crippen LogP contribution in [0, 0.1) is 0 Å². The van der Waals surface area contributed by atoms with Crippen molar-refractivity contribution in [3.05, 3.63) is 45.6 Å². The maximum Gasteiger partial charge on any atom is 0.335 e. The molecule has 2 aromatic heterocycles. The number of aryl methyl sites for hydroxylation is 2. The van der Waals surface area contributed by atoms with Crippen LogP contribution in [-0.2, 0) is 12.8 Å². The molecule has 3 aromatic rings. The minimum atomic E-state index is -0.959. The Labute approximate surface area is 153 Å². The van der Waals surface area contributed by atoms with Crippen LogP contribution in [0.4, 0.5) is 11.5 Å². The first-order chi connectivity index (χ1) is 12.1. The highest BCUT2D eigenvalue weighted by molar-refractivity contribution is 7.19. The van der Waals surface area contributed by atoms with Crippen molar-refractivity contribution < 1.29 is 9.90 Å². The van der Waals surface area contributed by atoms with E-state index in [1.54, 1.807) is 29.5 Å². The molecule has 7 heteroatoms. The molecule has 1 aliphatic rings. The van der Waals surface area contributed by atoms with E-state index in [0.717, 1.165) is 29.5 Å². The number of aromatic carboxylic acids is 1. The van der Waals surface area contributed by atoms with Crippen molar-refractivity contribution in [3.63, 3.8) is 0 Å². The molecular formula is C18H16ClN3O2S. The van der Waals surface area contributed by atoms with Gasteiger partial charge in [0.05, 0.1) is 10.9 Å². The Balaban J connectivity index is 1.82. The summed E-state index contributed by atoms with van der Waals surface area (Å²) in [6, 6.07) is 6.68. The number of benzene rings is 1. The fourth-order valence-corrected chi connectivity index (χ4v) is 4.75. The van der Waals surface area contributed by atoms with Gasteiger partial charge in [-0.2, -0.15) is 4.98 Å². The zero-order valence-electron chi connectivity index (χ0n) is 13.4. The fraction of sp³-hybridized carbons (Fsp3) is 0.278. The molecule has 25 heavy (non-hydrogen) atoms. The maximum absolute atomic E-state index is 11.2. The smallest absolute Gasteiger partial charge is 0.335 e. The van der Waals surface area contributed by atoms with Crippen LogP contribution in [0.2, 0.25) is 5.28 Å². The predicted octanol–water partition coefficient (Wildman–Crippen LogP) is 5.06. The van der Waals surface area contributed by atoms with Gasteiger partial charge in [-0.15, -0.1) is 11.3 Å². The normalized spacial score (nSPS) is 14.1. The number of carbonyl (C=O) groups is 1. The number of nitrogens with one attached hydrogen (secondary N) is 1. The highest BCUT2D eigenvalue weighted by Crippen LogP contribution is 2.39. The molecule has 0 spiro atoms. The molecule has 0 unspecified atom stereocenters. The monoisotopic (exact) mass is 373 g/mol. The highest BCUT2D eigenvalue weighted by Gasteiger charge is 2.20. The molecule has 1 aliphatic carbocycles. The van der Waals surface area contributed by atoms with Gasteiger partial charge >= 0.3 is 5.97 Å². The molecule has 0 bridgehead atoms. The van der Waals surface area contributed by atoms with Crippen molar-refractivity contribution in [2.75, 3.05) is 5.32 Å². The minimum Gasteiger partial charge on any atom is -0.478 e. The second-order valence-electron chi connectivity index (χ2n) is 6.10. The van der Waals surface area contributed by atoms with Crippen molar-refractivity contribution in [3.8, 4) is 0 Å². The van der Waals surface area contributed by atoms with Gasteiger partial charge in [0.15, 0.2) is 0 Å². The van der Waals surface area contributed by atoms with E-state index in [9.17, 15) is 9.90 Å². The Morgan fingerprint density at radius 1 is 1.20 bits per heavy atom. The van der Waals surface area contributed by atoms with E-state index in [1.165, 1.54) is 23.3 Å². The largest absolute Gasteiger partial charge is 0.478 e. The molecule has 0 fully saturated rings. The molecule has 2 N–H and O–H groups in total. The first-order valence-electron chi connectivity index (χ1n) is 8.20. The molecule has 0 radical (unpaired) electrons. The van der Waals surface area contributed by atoms with Crippen LogP contribution in [0.5, 0.6) is 0 Å². The molecule has 0 saturated heterocycles. The minimum absolute atomic E-state index is 0.195. The lowest BCUT2D eigenvalue weighted by Gasteiger charge is -2.09. The molecule has 0 atom stereocenters. The number of hydrogen-bond acceptors (Lipinski definition) is 5. The first kappa shape index (κ1) is 16.3. The van der Waals surface area contributed by atoms with Crippen molar-refractivity contribution in [2.24, 2.45) is 0 Å². The SMILES string of the molecule is O=C(O)c1cccc(Nc2nc(Cl)nc3sc4c(c23)CCCCC4)c1. The van der Waals surface area contributed by atoms with E-state index < -0.39 is 5.97 Å². The molecule has 0 aliphatic heterocycles. The van der Waals surface area contributed by atoms with E-state index in [1.807, 2.05) is 6.07 Å². The molecule has 128 valence electrons. The third-order valence-electron chi connectivity index (χ3n) is 4.41. The Bertz CT molecular complexity index is 970. The summed E-state index contributed by atoms with van der Waals surface area (Å²) in [5.74, 6) is -0.309. The Hall–Kier alpha value is -2.18. The van der Waals surface area contributed by atoms with Crippen LogP contribution in [-0.4, -0.2) is 21.0 Å². The maximum atomic E-state index is 11.2. The topological polar surface area (TPSA) is 75.1 Å². The number of carboxylic acids is 1. The number of halogens is 1. The molecule has 5 nitrogen and oxygen atoms in total. The average Bonchev–Trinajstić information content (AvgIpc) is 2.76. The number of nitrogens with zero attached hydrogens (tertiary/aromatic N) is 2. The van der Waals surface area contributed by atoms with Crippen LogP contribution in [0.3, 0.4) is 0 Å². The molecule has 2 heterocycles. The summed E-state index contributed by atoms with van der Waals surface area (Å²) in [5, 5.41) is 13.6. The summed E-state index contributed by atoms with van der Waals surface area (Å²) >= 11 is 7.81. The van der Waals surface area contributed by atoms with Crippen LogP contribution >= 0.6 is 22.9 Å². The molecule has 4 rings (SSSR count). The molecule has 1 aromatic carbocycles. The van der Waals surface area contributed by atoms with E-state index in [-0.39, 0.29) is 10.8 Å². The van der Waals surface area contributed by atoms with Gasteiger partial charge in [0, 0.05) is 10.6 Å². The quantitative estimate of drug-likeness (QED) is 0.496. The second-order valence-corrected chi connectivity index (χ2v) is 7.52. The van der Waals surface area contributed by atoms with Crippen LogP contribution in [0.25, 0.3) is 10.2 Å². The molecular weight excluding hydrogens is 358 g/mol.